The van der Waals surface area contributed by atoms with Crippen LogP contribution in [0.25, 0.3) is 0 Å². The second-order valence-corrected chi connectivity index (χ2v) is 4.80. The lowest BCUT2D eigenvalue weighted by Gasteiger charge is -2.20. The number of benzene rings is 1. The van der Waals surface area contributed by atoms with E-state index in [1.54, 1.807) is 0 Å². The fourth-order valence-electron chi connectivity index (χ4n) is 1.22. The number of nitrogens with one attached hydrogen (secondary N) is 1. The van der Waals surface area contributed by atoms with E-state index >= 15 is 0 Å². The van der Waals surface area contributed by atoms with Gasteiger partial charge in [0.1, 0.15) is 0 Å². The molecule has 17 heavy (non-hydrogen) atoms. The molecule has 0 heterocycles. The van der Waals surface area contributed by atoms with Crippen molar-refractivity contribution in [3.8, 4) is 0 Å². The lowest BCUT2D eigenvalue weighted by molar-refractivity contribution is 0.143. The van der Waals surface area contributed by atoms with E-state index in [4.69, 9.17) is 16.7 Å². The van der Waals surface area contributed by atoms with Crippen LogP contribution in [0.4, 0.5) is 4.79 Å². The minimum atomic E-state index is -1.16. The number of halogens is 1. The summed E-state index contributed by atoms with van der Waals surface area (Å²) < 4.78 is 0. The van der Waals surface area contributed by atoms with Crippen molar-refractivity contribution in [1.29, 1.82) is 0 Å². The van der Waals surface area contributed by atoms with Crippen LogP contribution in [0.5, 0.6) is 0 Å². The zero-order valence-electron chi connectivity index (χ0n) is 9.04. The Labute approximate surface area is 109 Å². The van der Waals surface area contributed by atoms with Crippen molar-refractivity contribution in [1.82, 2.24) is 5.32 Å². The van der Waals surface area contributed by atoms with Crippen molar-refractivity contribution in [3.63, 3.8) is 0 Å². The molecule has 0 fully saturated rings. The van der Waals surface area contributed by atoms with Crippen LogP contribution >= 0.6 is 23.4 Å². The third kappa shape index (κ3) is 5.30. The van der Waals surface area contributed by atoms with Crippen LogP contribution < -0.4 is 5.32 Å². The van der Waals surface area contributed by atoms with Crippen molar-refractivity contribution >= 4 is 29.5 Å². The molecule has 0 aliphatic heterocycles. The number of aliphatic hydroxyl groups is 1. The first-order chi connectivity index (χ1) is 8.13. The molecule has 0 aliphatic rings. The Balaban J connectivity index is 2.51. The van der Waals surface area contributed by atoms with Crippen LogP contribution in [-0.4, -0.2) is 40.1 Å². The topological polar surface area (TPSA) is 69.6 Å². The molecule has 3 N–H and O–H groups in total. The molecular formula is C11H14ClNO3S. The van der Waals surface area contributed by atoms with E-state index in [2.05, 4.69) is 5.32 Å². The molecule has 2 unspecified atom stereocenters. The van der Waals surface area contributed by atoms with Crippen molar-refractivity contribution in [2.75, 3.05) is 11.6 Å². The number of amides is 1. The second kappa shape index (κ2) is 7.42. The standard InChI is InChI=1S/C11H14ClNO3S/c12-6-10(14)9(13-11(15)16)7-17-8-4-2-1-3-5-8/h1-5,9-10,13-14H,6-7H2,(H,15,16). The minimum Gasteiger partial charge on any atom is -0.465 e. The average Bonchev–Trinajstić information content (AvgIpc) is 2.34. The molecule has 2 atom stereocenters. The number of hydrogen-bond acceptors (Lipinski definition) is 3. The highest BCUT2D eigenvalue weighted by atomic mass is 35.5. The number of alkyl halides is 1. The SMILES string of the molecule is O=C(O)NC(CSc1ccccc1)C(O)CCl. The van der Waals surface area contributed by atoms with Gasteiger partial charge >= 0.3 is 6.09 Å². The van der Waals surface area contributed by atoms with Crippen molar-refractivity contribution in [3.05, 3.63) is 30.3 Å². The van der Waals surface area contributed by atoms with Gasteiger partial charge < -0.3 is 15.5 Å². The quantitative estimate of drug-likeness (QED) is 0.549. The van der Waals surface area contributed by atoms with Crippen LogP contribution in [-0.2, 0) is 0 Å². The smallest absolute Gasteiger partial charge is 0.404 e. The van der Waals surface area contributed by atoms with Crippen LogP contribution in [0, 0.1) is 0 Å². The van der Waals surface area contributed by atoms with Gasteiger partial charge in [0.15, 0.2) is 0 Å². The number of carboxylic acid groups (broad SMARTS) is 1. The Morgan fingerprint density at radius 2 is 2.06 bits per heavy atom. The molecule has 0 spiro atoms. The van der Waals surface area contributed by atoms with E-state index in [1.165, 1.54) is 11.8 Å². The average molecular weight is 276 g/mol. The molecule has 0 saturated heterocycles. The molecule has 0 aromatic heterocycles. The van der Waals surface area contributed by atoms with E-state index in [9.17, 15) is 9.90 Å². The van der Waals surface area contributed by atoms with Crippen LogP contribution in [0.1, 0.15) is 0 Å². The molecule has 6 heteroatoms. The Bertz CT molecular complexity index is 350. The second-order valence-electron chi connectivity index (χ2n) is 3.40. The fraction of sp³-hybridized carbons (Fsp3) is 0.364. The maximum absolute atomic E-state index is 10.6. The van der Waals surface area contributed by atoms with Gasteiger partial charge in [0.2, 0.25) is 0 Å². The molecule has 0 saturated carbocycles. The summed E-state index contributed by atoms with van der Waals surface area (Å²) in [6, 6.07) is 8.99. The van der Waals surface area contributed by atoms with Crippen LogP contribution in [0.3, 0.4) is 0 Å². The number of thioether (sulfide) groups is 1. The summed E-state index contributed by atoms with van der Waals surface area (Å²) >= 11 is 6.99. The summed E-state index contributed by atoms with van der Waals surface area (Å²) in [6.45, 7) is 0. The van der Waals surface area contributed by atoms with E-state index in [-0.39, 0.29) is 5.88 Å². The van der Waals surface area contributed by atoms with Crippen molar-refractivity contribution < 1.29 is 15.0 Å². The highest BCUT2D eigenvalue weighted by Crippen LogP contribution is 2.19. The zero-order chi connectivity index (χ0) is 12.7. The predicted octanol–water partition coefficient (Wildman–Crippen LogP) is 2.01. The van der Waals surface area contributed by atoms with Crippen molar-refractivity contribution in [2.45, 2.75) is 17.0 Å². The summed E-state index contributed by atoms with van der Waals surface area (Å²) in [4.78, 5) is 11.6. The maximum atomic E-state index is 10.6. The fourth-order valence-corrected chi connectivity index (χ4v) is 2.46. The number of carbonyl (C=O) groups is 1. The summed E-state index contributed by atoms with van der Waals surface area (Å²) in [5, 5.41) is 20.5. The van der Waals surface area contributed by atoms with Gasteiger partial charge in [-0.15, -0.1) is 23.4 Å². The van der Waals surface area contributed by atoms with Gasteiger partial charge in [-0.3, -0.25) is 0 Å². The Hall–Kier alpha value is -0.910. The molecular weight excluding hydrogens is 262 g/mol. The highest BCUT2D eigenvalue weighted by molar-refractivity contribution is 7.99. The van der Waals surface area contributed by atoms with E-state index in [0.717, 1.165) is 4.90 Å². The van der Waals surface area contributed by atoms with E-state index in [0.29, 0.717) is 5.75 Å². The first-order valence-corrected chi connectivity index (χ1v) is 6.57. The van der Waals surface area contributed by atoms with Crippen molar-refractivity contribution in [2.24, 2.45) is 0 Å². The largest absolute Gasteiger partial charge is 0.465 e. The molecule has 1 aromatic carbocycles. The summed E-state index contributed by atoms with van der Waals surface area (Å²) in [7, 11) is 0. The van der Waals surface area contributed by atoms with Gasteiger partial charge in [0.25, 0.3) is 0 Å². The lowest BCUT2D eigenvalue weighted by atomic mass is 10.2. The monoisotopic (exact) mass is 275 g/mol. The molecule has 0 radical (unpaired) electrons. The number of hydrogen-bond donors (Lipinski definition) is 3. The highest BCUT2D eigenvalue weighted by Gasteiger charge is 2.20. The Morgan fingerprint density at radius 3 is 2.59 bits per heavy atom. The van der Waals surface area contributed by atoms with Gasteiger partial charge in [0.05, 0.1) is 18.0 Å². The van der Waals surface area contributed by atoms with Gasteiger partial charge in [-0.2, -0.15) is 0 Å². The summed E-state index contributed by atoms with van der Waals surface area (Å²) in [5.41, 5.74) is 0. The maximum Gasteiger partial charge on any atom is 0.404 e. The molecule has 0 bridgehead atoms. The third-order valence-corrected chi connectivity index (χ3v) is 3.55. The Morgan fingerprint density at radius 1 is 1.41 bits per heavy atom. The molecule has 0 aliphatic carbocycles. The van der Waals surface area contributed by atoms with E-state index < -0.39 is 18.2 Å². The Kier molecular flexibility index (Phi) is 6.18. The van der Waals surface area contributed by atoms with Gasteiger partial charge in [-0.05, 0) is 12.1 Å². The van der Waals surface area contributed by atoms with Gasteiger partial charge in [0, 0.05) is 10.6 Å². The first-order valence-electron chi connectivity index (χ1n) is 5.05. The van der Waals surface area contributed by atoms with E-state index in [1.807, 2.05) is 30.3 Å². The molecule has 4 nitrogen and oxygen atoms in total. The number of aliphatic hydroxyl groups excluding tert-OH is 1. The lowest BCUT2D eigenvalue weighted by Crippen LogP contribution is -2.45. The number of rotatable bonds is 6. The first kappa shape index (κ1) is 14.2. The van der Waals surface area contributed by atoms with Crippen LogP contribution in [0.2, 0.25) is 0 Å². The molecule has 1 aromatic rings. The summed E-state index contributed by atoms with van der Waals surface area (Å²) in [5.74, 6) is 0.435. The van der Waals surface area contributed by atoms with Crippen LogP contribution in [0.15, 0.2) is 35.2 Å². The van der Waals surface area contributed by atoms with Gasteiger partial charge in [-0.25, -0.2) is 4.79 Å². The predicted molar refractivity (Wildman–Crippen MR) is 68.8 cm³/mol. The molecule has 94 valence electrons. The molecule has 1 rings (SSSR count). The third-order valence-electron chi connectivity index (χ3n) is 2.10. The summed E-state index contributed by atoms with van der Waals surface area (Å²) in [6.07, 6.45) is -2.04. The minimum absolute atomic E-state index is 0.000294. The zero-order valence-corrected chi connectivity index (χ0v) is 10.6. The normalized spacial score (nSPS) is 14.0. The van der Waals surface area contributed by atoms with Gasteiger partial charge in [-0.1, -0.05) is 18.2 Å². The molecule has 1 amide bonds.